The van der Waals surface area contributed by atoms with Gasteiger partial charge in [0.1, 0.15) is 0 Å². The van der Waals surface area contributed by atoms with E-state index in [1.54, 1.807) is 0 Å². The summed E-state index contributed by atoms with van der Waals surface area (Å²) in [5.41, 5.74) is 25.3. The van der Waals surface area contributed by atoms with Crippen LogP contribution in [-0.4, -0.2) is 0 Å². The van der Waals surface area contributed by atoms with Crippen molar-refractivity contribution in [3.05, 3.63) is 376 Å². The molecular formula is C84H57N. The van der Waals surface area contributed by atoms with Gasteiger partial charge in [-0.05, 0) is 156 Å². The van der Waals surface area contributed by atoms with Crippen LogP contribution in [0.4, 0.5) is 17.1 Å². The lowest BCUT2D eigenvalue weighted by Gasteiger charge is -2.28. The summed E-state index contributed by atoms with van der Waals surface area (Å²) in [4.78, 5) is 2.40. The zero-order valence-electron chi connectivity index (χ0n) is 46.9. The molecule has 1 nitrogen and oxygen atoms in total. The van der Waals surface area contributed by atoms with E-state index in [9.17, 15) is 0 Å². The molecule has 0 N–H and O–H groups in total. The van der Waals surface area contributed by atoms with Crippen LogP contribution in [0.1, 0.15) is 102 Å². The lowest BCUT2D eigenvalue weighted by molar-refractivity contribution is 0.750. The van der Waals surface area contributed by atoms with Crippen LogP contribution in [0.15, 0.2) is 309 Å². The molecule has 0 spiro atoms. The van der Waals surface area contributed by atoms with Crippen LogP contribution in [0.25, 0.3) is 33.4 Å². The van der Waals surface area contributed by atoms with Gasteiger partial charge in [-0.15, -0.1) is 0 Å². The van der Waals surface area contributed by atoms with Crippen molar-refractivity contribution >= 4 is 17.1 Å². The lowest BCUT2D eigenvalue weighted by Crippen LogP contribution is -2.13. The highest BCUT2D eigenvalue weighted by Gasteiger charge is 2.37. The molecule has 0 amide bonds. The topological polar surface area (TPSA) is 3.24 Å². The molecule has 398 valence electrons. The summed E-state index contributed by atoms with van der Waals surface area (Å²) in [6.07, 6.45) is 0. The maximum absolute atomic E-state index is 3.85. The number of nitrogens with zero attached hydrogens (tertiary/aromatic N) is 1. The Kier molecular flexibility index (Phi) is 13.5. The van der Waals surface area contributed by atoms with Crippen LogP contribution >= 0.6 is 0 Å². The van der Waals surface area contributed by atoms with Gasteiger partial charge in [-0.3, -0.25) is 0 Å². The number of anilines is 3. The van der Waals surface area contributed by atoms with Gasteiger partial charge in [0.15, 0.2) is 0 Å². The molecule has 85 heavy (non-hydrogen) atoms. The molecule has 0 bridgehead atoms. The second-order valence-corrected chi connectivity index (χ2v) is 22.4. The first kappa shape index (κ1) is 51.0. The second kappa shape index (κ2) is 22.5. The minimum Gasteiger partial charge on any atom is -0.311 e. The molecule has 0 aromatic heterocycles. The zero-order chi connectivity index (χ0) is 56.5. The highest BCUT2D eigenvalue weighted by molar-refractivity contribution is 5.84. The minimum absolute atomic E-state index is 0.0547. The standard InChI is InChI=1S/C84H57N/c1-4-22-58(23-5-1)40-55-67(82-76-34-16-10-28-70(76)71-29-11-17-35-77(71)82)61-43-49-64(50-44-61)85(65-51-45-62(46-52-65)68(56-41-59-24-6-2-7-25-59)83-78-36-18-12-30-72(78)73-31-13-19-37-79(73)83)66-53-47-63(48-54-66)69(57-42-60-26-8-3-9-27-60)84-80-38-20-14-32-74(80)75-33-15-21-39-81(75)84/h1-39,43-54,67-69,82-84H. The average Bonchev–Trinajstić information content (AvgIpc) is 3.52. The van der Waals surface area contributed by atoms with Crippen molar-refractivity contribution in [2.24, 2.45) is 0 Å². The minimum atomic E-state index is -0.120. The van der Waals surface area contributed by atoms with Crippen molar-refractivity contribution in [2.75, 3.05) is 4.90 Å². The summed E-state index contributed by atoms with van der Waals surface area (Å²) in [7, 11) is 0. The van der Waals surface area contributed by atoms with Crippen LogP contribution in [0.2, 0.25) is 0 Å². The molecule has 0 heterocycles. The number of benzene rings is 12. The van der Waals surface area contributed by atoms with Gasteiger partial charge < -0.3 is 4.90 Å². The third kappa shape index (κ3) is 9.62. The normalized spacial score (nSPS) is 13.6. The first-order chi connectivity index (χ1) is 42.2. The molecule has 3 atom stereocenters. The smallest absolute Gasteiger partial charge is 0.0565 e. The third-order valence-corrected chi connectivity index (χ3v) is 17.6. The van der Waals surface area contributed by atoms with Gasteiger partial charge in [0.2, 0.25) is 0 Å². The van der Waals surface area contributed by atoms with E-state index in [0.29, 0.717) is 0 Å². The van der Waals surface area contributed by atoms with Crippen molar-refractivity contribution in [1.29, 1.82) is 0 Å². The fraction of sp³-hybridized carbons (Fsp3) is 0.0714. The van der Waals surface area contributed by atoms with Gasteiger partial charge in [-0.2, -0.15) is 0 Å². The molecule has 12 aromatic carbocycles. The van der Waals surface area contributed by atoms with E-state index >= 15 is 0 Å². The van der Waals surface area contributed by atoms with Gasteiger partial charge in [0.25, 0.3) is 0 Å². The van der Waals surface area contributed by atoms with E-state index in [0.717, 1.165) is 33.8 Å². The Morgan fingerprint density at radius 1 is 0.212 bits per heavy atom. The Morgan fingerprint density at radius 2 is 0.412 bits per heavy atom. The summed E-state index contributed by atoms with van der Waals surface area (Å²) in [6, 6.07) is 112. The Bertz CT molecular complexity index is 4010. The number of hydrogen-bond donors (Lipinski definition) is 0. The molecule has 0 fully saturated rings. The van der Waals surface area contributed by atoms with Crippen molar-refractivity contribution in [2.45, 2.75) is 35.5 Å². The monoisotopic (exact) mass is 1080 g/mol. The maximum atomic E-state index is 3.85. The van der Waals surface area contributed by atoms with Crippen molar-refractivity contribution in [3.63, 3.8) is 0 Å². The first-order valence-electron chi connectivity index (χ1n) is 29.5. The molecule has 12 aromatic rings. The van der Waals surface area contributed by atoms with Crippen molar-refractivity contribution in [1.82, 2.24) is 0 Å². The Labute approximate surface area is 499 Å². The highest BCUT2D eigenvalue weighted by atomic mass is 15.1. The van der Waals surface area contributed by atoms with E-state index in [4.69, 9.17) is 0 Å². The Morgan fingerprint density at radius 3 is 0.635 bits per heavy atom. The van der Waals surface area contributed by atoms with Gasteiger partial charge in [-0.25, -0.2) is 0 Å². The van der Waals surface area contributed by atoms with Gasteiger partial charge in [0.05, 0.1) is 17.8 Å². The predicted octanol–water partition coefficient (Wildman–Crippen LogP) is 20.0. The predicted molar refractivity (Wildman–Crippen MR) is 350 cm³/mol. The molecular weight excluding hydrogens is 1020 g/mol. The summed E-state index contributed by atoms with van der Waals surface area (Å²) in [5, 5.41) is 0. The van der Waals surface area contributed by atoms with Gasteiger partial charge in [-0.1, -0.05) is 272 Å². The Balaban J connectivity index is 0.860. The SMILES string of the molecule is C(#CC(c1ccc(N(c2ccc(C(C#Cc3ccccc3)C3c4ccccc4-c4ccccc43)cc2)c2ccc(C(C#Cc3ccccc3)C3c4ccccc4-c4ccccc43)cc2)cc1)C1c2ccccc2-c2ccccc21)c1ccccc1. The summed E-state index contributed by atoms with van der Waals surface area (Å²) in [5.74, 6) is 22.2. The van der Waals surface area contributed by atoms with Crippen LogP contribution < -0.4 is 4.90 Å². The van der Waals surface area contributed by atoms with Gasteiger partial charge in [0, 0.05) is 51.5 Å². The summed E-state index contributed by atoms with van der Waals surface area (Å²) in [6.45, 7) is 0. The van der Waals surface area contributed by atoms with E-state index in [1.807, 2.05) is 0 Å². The molecule has 1 heteroatoms. The molecule has 0 aliphatic heterocycles. The maximum Gasteiger partial charge on any atom is 0.0565 e. The number of fused-ring (bicyclic) bond motifs is 9. The van der Waals surface area contributed by atoms with Crippen molar-refractivity contribution in [3.8, 4) is 68.9 Å². The largest absolute Gasteiger partial charge is 0.311 e. The Hall–Kier alpha value is -10.9. The van der Waals surface area contributed by atoms with E-state index in [-0.39, 0.29) is 35.5 Å². The number of rotatable bonds is 9. The van der Waals surface area contributed by atoms with E-state index < -0.39 is 0 Å². The lowest BCUT2D eigenvalue weighted by atomic mass is 9.79. The number of hydrogen-bond acceptors (Lipinski definition) is 1. The van der Waals surface area contributed by atoms with E-state index in [1.165, 1.54) is 83.5 Å². The summed E-state index contributed by atoms with van der Waals surface area (Å²) >= 11 is 0. The molecule has 3 unspecified atom stereocenters. The quantitative estimate of drug-likeness (QED) is 0.130. The van der Waals surface area contributed by atoms with Crippen LogP contribution in [-0.2, 0) is 0 Å². The molecule has 0 radical (unpaired) electrons. The van der Waals surface area contributed by atoms with E-state index in [2.05, 4.69) is 350 Å². The molecule has 0 saturated heterocycles. The van der Waals surface area contributed by atoms with Crippen LogP contribution in [0.3, 0.4) is 0 Å². The zero-order valence-corrected chi connectivity index (χ0v) is 46.9. The third-order valence-electron chi connectivity index (χ3n) is 17.6. The van der Waals surface area contributed by atoms with Crippen LogP contribution in [0, 0.1) is 35.5 Å². The fourth-order valence-corrected chi connectivity index (χ4v) is 13.7. The summed E-state index contributed by atoms with van der Waals surface area (Å²) < 4.78 is 0. The molecule has 3 aliphatic rings. The first-order valence-corrected chi connectivity index (χ1v) is 29.5. The average molecular weight is 1080 g/mol. The van der Waals surface area contributed by atoms with Crippen LogP contribution in [0.5, 0.6) is 0 Å². The molecule has 3 aliphatic carbocycles. The molecule has 15 rings (SSSR count). The molecule has 0 saturated carbocycles. The second-order valence-electron chi connectivity index (χ2n) is 22.4. The fourth-order valence-electron chi connectivity index (χ4n) is 13.7. The van der Waals surface area contributed by atoms with Gasteiger partial charge >= 0.3 is 0 Å². The highest BCUT2D eigenvalue weighted by Crippen LogP contribution is 2.54. The van der Waals surface area contributed by atoms with Crippen molar-refractivity contribution < 1.29 is 0 Å².